The Morgan fingerprint density at radius 2 is 2.23 bits per heavy atom. The number of H-pyrrole nitrogens is 1. The van der Waals surface area contributed by atoms with Gasteiger partial charge in [-0.3, -0.25) is 4.79 Å². The van der Waals surface area contributed by atoms with Crippen LogP contribution in [0.5, 0.6) is 0 Å². The maximum atomic E-state index is 11.2. The Morgan fingerprint density at radius 3 is 2.85 bits per heavy atom. The van der Waals surface area contributed by atoms with E-state index >= 15 is 0 Å². The summed E-state index contributed by atoms with van der Waals surface area (Å²) in [6, 6.07) is 2.96. The quantitative estimate of drug-likeness (QED) is 0.688. The lowest BCUT2D eigenvalue weighted by molar-refractivity contribution is 0.0518. The van der Waals surface area contributed by atoms with Crippen molar-refractivity contribution in [3.8, 4) is 0 Å². The highest BCUT2D eigenvalue weighted by atomic mass is 16.5. The van der Waals surface area contributed by atoms with E-state index in [9.17, 15) is 9.59 Å². The van der Waals surface area contributed by atoms with Gasteiger partial charge >= 0.3 is 5.97 Å². The van der Waals surface area contributed by atoms with Crippen LogP contribution in [0.15, 0.2) is 16.9 Å². The molecule has 1 N–H and O–H groups in total. The van der Waals surface area contributed by atoms with Gasteiger partial charge in [-0.15, -0.1) is 0 Å². The number of aromatic amines is 1. The van der Waals surface area contributed by atoms with E-state index in [0.717, 1.165) is 0 Å². The van der Waals surface area contributed by atoms with E-state index < -0.39 is 5.97 Å². The second kappa shape index (κ2) is 3.89. The number of nitrogens with one attached hydrogen (secondary N) is 1. The van der Waals surface area contributed by atoms with E-state index in [4.69, 9.17) is 4.74 Å². The molecule has 0 bridgehead atoms. The summed E-state index contributed by atoms with van der Waals surface area (Å²) in [5.74, 6) is -0.488. The zero-order chi connectivity index (χ0) is 9.84. The smallest absolute Gasteiger partial charge is 0.355 e. The monoisotopic (exact) mass is 181 g/mol. The van der Waals surface area contributed by atoms with Gasteiger partial charge < -0.3 is 9.72 Å². The molecule has 70 valence electrons. The number of hydrogen-bond donors (Lipinski definition) is 1. The summed E-state index contributed by atoms with van der Waals surface area (Å²) in [5, 5.41) is 0. The summed E-state index contributed by atoms with van der Waals surface area (Å²) in [6.45, 7) is 3.76. The lowest BCUT2D eigenvalue weighted by atomic mass is 10.2. The first-order valence-corrected chi connectivity index (χ1v) is 4.02. The van der Waals surface area contributed by atoms with Crippen molar-refractivity contribution in [2.75, 3.05) is 6.61 Å². The average molecular weight is 181 g/mol. The molecule has 13 heavy (non-hydrogen) atoms. The van der Waals surface area contributed by atoms with Gasteiger partial charge in [0.25, 0.3) is 0 Å². The Labute approximate surface area is 75.5 Å². The minimum Gasteiger partial charge on any atom is -0.461 e. The molecule has 0 spiro atoms. The van der Waals surface area contributed by atoms with E-state index in [0.29, 0.717) is 12.2 Å². The van der Waals surface area contributed by atoms with Crippen molar-refractivity contribution >= 4 is 5.97 Å². The van der Waals surface area contributed by atoms with Gasteiger partial charge in [0.15, 0.2) is 0 Å². The first kappa shape index (κ1) is 9.51. The molecule has 0 saturated carbocycles. The maximum Gasteiger partial charge on any atom is 0.355 e. The second-order valence-electron chi connectivity index (χ2n) is 2.60. The molecule has 0 saturated heterocycles. The number of carbonyl (C=O) groups is 1. The Bertz CT molecular complexity index is 367. The number of carbonyl (C=O) groups excluding carboxylic acids is 1. The molecule has 0 amide bonds. The summed E-state index contributed by atoms with van der Waals surface area (Å²) in [5.41, 5.74) is 0.640. The molecule has 4 nitrogen and oxygen atoms in total. The largest absolute Gasteiger partial charge is 0.461 e. The van der Waals surface area contributed by atoms with E-state index in [1.165, 1.54) is 6.07 Å². The van der Waals surface area contributed by atoms with Gasteiger partial charge in [0, 0.05) is 6.07 Å². The van der Waals surface area contributed by atoms with Gasteiger partial charge in [0.1, 0.15) is 5.69 Å². The molecule has 1 rings (SSSR count). The van der Waals surface area contributed by atoms with Gasteiger partial charge in [0.2, 0.25) is 5.56 Å². The van der Waals surface area contributed by atoms with Crippen LogP contribution < -0.4 is 5.56 Å². The van der Waals surface area contributed by atoms with Crippen molar-refractivity contribution in [1.82, 2.24) is 4.98 Å². The van der Waals surface area contributed by atoms with Gasteiger partial charge in [-0.05, 0) is 19.4 Å². The third-order valence-electron chi connectivity index (χ3n) is 1.61. The molecule has 0 radical (unpaired) electrons. The molecule has 0 aliphatic carbocycles. The number of esters is 1. The van der Waals surface area contributed by atoms with Crippen LogP contribution in [0, 0.1) is 6.92 Å². The lowest BCUT2D eigenvalue weighted by Gasteiger charge is -2.03. The predicted molar refractivity (Wildman–Crippen MR) is 47.8 cm³/mol. The fourth-order valence-corrected chi connectivity index (χ4v) is 0.963. The fourth-order valence-electron chi connectivity index (χ4n) is 0.963. The number of aromatic nitrogens is 1. The summed E-state index contributed by atoms with van der Waals surface area (Å²) >= 11 is 0. The van der Waals surface area contributed by atoms with Crippen LogP contribution in [0.2, 0.25) is 0 Å². The minimum atomic E-state index is -0.488. The number of pyridine rings is 1. The van der Waals surface area contributed by atoms with Gasteiger partial charge in [-0.2, -0.15) is 0 Å². The van der Waals surface area contributed by atoms with Crippen LogP contribution in [0.3, 0.4) is 0 Å². The van der Waals surface area contributed by atoms with Crippen molar-refractivity contribution in [1.29, 1.82) is 0 Å². The highest BCUT2D eigenvalue weighted by molar-refractivity contribution is 5.88. The molecule has 1 aromatic heterocycles. The van der Waals surface area contributed by atoms with Gasteiger partial charge in [-0.25, -0.2) is 4.79 Å². The highest BCUT2D eigenvalue weighted by Crippen LogP contribution is 2.02. The van der Waals surface area contributed by atoms with E-state index in [-0.39, 0.29) is 11.3 Å². The van der Waals surface area contributed by atoms with Crippen LogP contribution in [-0.4, -0.2) is 17.6 Å². The molecule has 4 heteroatoms. The Hall–Kier alpha value is -1.58. The molecule has 0 fully saturated rings. The number of rotatable bonds is 2. The molecule has 0 aliphatic rings. The summed E-state index contributed by atoms with van der Waals surface area (Å²) in [7, 11) is 0. The van der Waals surface area contributed by atoms with Crippen molar-refractivity contribution in [3.05, 3.63) is 33.7 Å². The molecule has 0 aliphatic heterocycles. The number of hydrogen-bond acceptors (Lipinski definition) is 3. The molecule has 0 unspecified atom stereocenters. The molecule has 1 heterocycles. The lowest BCUT2D eigenvalue weighted by Crippen LogP contribution is -2.15. The molecule has 1 aromatic rings. The van der Waals surface area contributed by atoms with Crippen molar-refractivity contribution in [2.24, 2.45) is 0 Å². The summed E-state index contributed by atoms with van der Waals surface area (Å²) in [6.07, 6.45) is 0. The zero-order valence-corrected chi connectivity index (χ0v) is 7.59. The topological polar surface area (TPSA) is 59.2 Å². The standard InChI is InChI=1S/C9H11NO3/c1-3-13-9(12)8-6(2)4-5-7(11)10-8/h4-5H,3H2,1-2H3,(H,10,11). The van der Waals surface area contributed by atoms with Crippen LogP contribution in [0.4, 0.5) is 0 Å². The third-order valence-corrected chi connectivity index (χ3v) is 1.61. The average Bonchev–Trinajstić information content (AvgIpc) is 2.09. The van der Waals surface area contributed by atoms with Gasteiger partial charge in [-0.1, -0.05) is 6.07 Å². The predicted octanol–water partition coefficient (Wildman–Crippen LogP) is 0.860. The number of aryl methyl sites for hydroxylation is 1. The zero-order valence-electron chi connectivity index (χ0n) is 7.59. The fraction of sp³-hybridized carbons (Fsp3) is 0.333. The molecule has 0 atom stereocenters. The second-order valence-corrected chi connectivity index (χ2v) is 2.60. The summed E-state index contributed by atoms with van der Waals surface area (Å²) < 4.78 is 4.75. The van der Waals surface area contributed by atoms with Crippen molar-refractivity contribution in [3.63, 3.8) is 0 Å². The molecule has 0 aromatic carbocycles. The maximum absolute atomic E-state index is 11.2. The minimum absolute atomic E-state index is 0.231. The molecular weight excluding hydrogens is 170 g/mol. The van der Waals surface area contributed by atoms with Crippen molar-refractivity contribution < 1.29 is 9.53 Å². The third kappa shape index (κ3) is 2.18. The summed E-state index contributed by atoms with van der Waals surface area (Å²) in [4.78, 5) is 24.5. The normalized spacial score (nSPS) is 9.69. The van der Waals surface area contributed by atoms with Crippen LogP contribution in [0.25, 0.3) is 0 Å². The van der Waals surface area contributed by atoms with Crippen molar-refractivity contribution in [2.45, 2.75) is 13.8 Å². The van der Waals surface area contributed by atoms with E-state index in [2.05, 4.69) is 4.98 Å². The van der Waals surface area contributed by atoms with Gasteiger partial charge in [0.05, 0.1) is 6.61 Å². The van der Waals surface area contributed by atoms with Crippen LogP contribution >= 0.6 is 0 Å². The Balaban J connectivity index is 3.06. The molecular formula is C9H11NO3. The van der Waals surface area contributed by atoms with E-state index in [1.54, 1.807) is 19.9 Å². The van der Waals surface area contributed by atoms with E-state index in [1.807, 2.05) is 0 Å². The first-order valence-electron chi connectivity index (χ1n) is 4.02. The Morgan fingerprint density at radius 1 is 1.54 bits per heavy atom. The highest BCUT2D eigenvalue weighted by Gasteiger charge is 2.09. The van der Waals surface area contributed by atoms with Crippen LogP contribution in [0.1, 0.15) is 23.0 Å². The number of ether oxygens (including phenoxy) is 1. The van der Waals surface area contributed by atoms with Crippen LogP contribution in [-0.2, 0) is 4.74 Å². The Kier molecular flexibility index (Phi) is 2.84. The SMILES string of the molecule is CCOC(=O)c1[nH]c(=O)ccc1C. The first-order chi connectivity index (χ1) is 6.15.